The molecule has 0 bridgehead atoms. The summed E-state index contributed by atoms with van der Waals surface area (Å²) in [5.41, 5.74) is 0.985. The summed E-state index contributed by atoms with van der Waals surface area (Å²) in [6.07, 6.45) is 4.61. The summed E-state index contributed by atoms with van der Waals surface area (Å²) in [6, 6.07) is 16.8. The minimum Gasteiger partial charge on any atom is -0.490 e. The number of carbonyl (C=O) groups is 2. The van der Waals surface area contributed by atoms with Crippen molar-refractivity contribution in [1.29, 1.82) is 0 Å². The Morgan fingerprint density at radius 3 is 2.52 bits per heavy atom. The van der Waals surface area contributed by atoms with Crippen LogP contribution in [0.2, 0.25) is 5.02 Å². The maximum Gasteiger partial charge on any atom is 0.309 e. The third kappa shape index (κ3) is 6.64. The van der Waals surface area contributed by atoms with Crippen molar-refractivity contribution in [2.24, 2.45) is 5.92 Å². The highest BCUT2D eigenvalue weighted by Crippen LogP contribution is 2.20. The van der Waals surface area contributed by atoms with E-state index in [0.717, 1.165) is 5.56 Å². The molecule has 0 atom stereocenters. The highest BCUT2D eigenvalue weighted by molar-refractivity contribution is 6.30. The lowest BCUT2D eigenvalue weighted by Gasteiger charge is -2.30. The third-order valence-corrected chi connectivity index (χ3v) is 4.99. The molecule has 1 amide bonds. The van der Waals surface area contributed by atoms with Crippen molar-refractivity contribution < 1.29 is 19.1 Å². The van der Waals surface area contributed by atoms with Crippen LogP contribution in [0.25, 0.3) is 6.08 Å². The number of ether oxygens (including phenoxy) is 2. The van der Waals surface area contributed by atoms with Crippen LogP contribution in [0.15, 0.2) is 60.7 Å². The number of likely N-dealkylation sites (tertiary alicyclic amines) is 1. The quantitative estimate of drug-likeness (QED) is 0.387. The summed E-state index contributed by atoms with van der Waals surface area (Å²) < 4.78 is 10.8. The first-order valence-corrected chi connectivity index (χ1v) is 10.1. The SMILES string of the molecule is O=C(OCCOc1cccc(Cl)c1)C1CCN(C(=O)/C=C/c2ccccc2)CC1. The molecule has 1 fully saturated rings. The molecule has 29 heavy (non-hydrogen) atoms. The van der Waals surface area contributed by atoms with Crippen LogP contribution in [0.3, 0.4) is 0 Å². The van der Waals surface area contributed by atoms with E-state index in [4.69, 9.17) is 21.1 Å². The Morgan fingerprint density at radius 1 is 1.03 bits per heavy atom. The van der Waals surface area contributed by atoms with Crippen LogP contribution in [-0.2, 0) is 14.3 Å². The van der Waals surface area contributed by atoms with Gasteiger partial charge < -0.3 is 14.4 Å². The second-order valence-corrected chi connectivity index (χ2v) is 7.25. The lowest BCUT2D eigenvalue weighted by atomic mass is 9.97. The molecule has 3 rings (SSSR count). The van der Waals surface area contributed by atoms with E-state index in [1.165, 1.54) is 0 Å². The standard InChI is InChI=1S/C23H24ClNO4/c24-20-7-4-8-21(17-20)28-15-16-29-23(27)19-11-13-25(14-12-19)22(26)10-9-18-5-2-1-3-6-18/h1-10,17,19H,11-16H2/b10-9+. The van der Waals surface area contributed by atoms with Gasteiger partial charge in [0, 0.05) is 24.2 Å². The van der Waals surface area contributed by atoms with Crippen molar-refractivity contribution in [3.63, 3.8) is 0 Å². The van der Waals surface area contributed by atoms with E-state index < -0.39 is 0 Å². The van der Waals surface area contributed by atoms with Gasteiger partial charge in [-0.15, -0.1) is 0 Å². The maximum absolute atomic E-state index is 12.3. The number of carbonyl (C=O) groups excluding carboxylic acids is 2. The van der Waals surface area contributed by atoms with Gasteiger partial charge in [0.25, 0.3) is 0 Å². The van der Waals surface area contributed by atoms with E-state index in [-0.39, 0.29) is 31.0 Å². The molecule has 1 saturated heterocycles. The molecule has 0 radical (unpaired) electrons. The molecule has 0 unspecified atom stereocenters. The van der Waals surface area contributed by atoms with Crippen LogP contribution in [0.5, 0.6) is 5.75 Å². The number of hydrogen-bond acceptors (Lipinski definition) is 4. The normalized spacial score (nSPS) is 14.7. The van der Waals surface area contributed by atoms with Gasteiger partial charge in [0.1, 0.15) is 19.0 Å². The zero-order chi connectivity index (χ0) is 20.5. The second-order valence-electron chi connectivity index (χ2n) is 6.82. The summed E-state index contributed by atoms with van der Waals surface area (Å²) >= 11 is 5.90. The average molecular weight is 414 g/mol. The molecule has 0 N–H and O–H groups in total. The van der Waals surface area contributed by atoms with Gasteiger partial charge in [0.05, 0.1) is 5.92 Å². The topological polar surface area (TPSA) is 55.8 Å². The molecule has 2 aromatic carbocycles. The fraction of sp³-hybridized carbons (Fsp3) is 0.304. The number of benzene rings is 2. The minimum atomic E-state index is -0.230. The Bertz CT molecular complexity index is 845. The predicted molar refractivity (Wildman–Crippen MR) is 113 cm³/mol. The van der Waals surface area contributed by atoms with E-state index in [2.05, 4.69) is 0 Å². The van der Waals surface area contributed by atoms with Crippen molar-refractivity contribution >= 4 is 29.6 Å². The summed E-state index contributed by atoms with van der Waals surface area (Å²) in [7, 11) is 0. The molecule has 0 aliphatic carbocycles. The van der Waals surface area contributed by atoms with Crippen molar-refractivity contribution in [3.8, 4) is 5.75 Å². The molecule has 6 heteroatoms. The van der Waals surface area contributed by atoms with Gasteiger partial charge in [-0.05, 0) is 42.7 Å². The van der Waals surface area contributed by atoms with Gasteiger partial charge >= 0.3 is 5.97 Å². The Kier molecular flexibility index (Phi) is 7.70. The molecule has 2 aromatic rings. The highest BCUT2D eigenvalue weighted by Gasteiger charge is 2.27. The first-order valence-electron chi connectivity index (χ1n) is 9.69. The molecular weight excluding hydrogens is 390 g/mol. The van der Waals surface area contributed by atoms with Crippen molar-refractivity contribution in [1.82, 2.24) is 4.90 Å². The minimum absolute atomic E-state index is 0.0319. The molecule has 0 spiro atoms. The molecule has 152 valence electrons. The molecule has 1 heterocycles. The van der Waals surface area contributed by atoms with Gasteiger partial charge in [-0.3, -0.25) is 9.59 Å². The summed E-state index contributed by atoms with van der Waals surface area (Å²) in [4.78, 5) is 26.3. The summed E-state index contributed by atoms with van der Waals surface area (Å²) in [5.74, 6) is 0.203. The first kappa shape index (κ1) is 20.9. The number of rotatable bonds is 7. The second kappa shape index (κ2) is 10.7. The van der Waals surface area contributed by atoms with E-state index in [1.54, 1.807) is 35.2 Å². The van der Waals surface area contributed by atoms with Crippen LogP contribution in [0.4, 0.5) is 0 Å². The van der Waals surface area contributed by atoms with Crippen molar-refractivity contribution in [3.05, 3.63) is 71.3 Å². The Balaban J connectivity index is 1.35. The zero-order valence-electron chi connectivity index (χ0n) is 16.1. The van der Waals surface area contributed by atoms with Crippen LogP contribution in [-0.4, -0.2) is 43.1 Å². The Hall–Kier alpha value is -2.79. The number of amides is 1. The zero-order valence-corrected chi connectivity index (χ0v) is 16.9. The first-order chi connectivity index (χ1) is 14.1. The lowest BCUT2D eigenvalue weighted by molar-refractivity contribution is -0.152. The number of esters is 1. The van der Waals surface area contributed by atoms with Crippen LogP contribution < -0.4 is 4.74 Å². The van der Waals surface area contributed by atoms with Gasteiger partial charge in [-0.2, -0.15) is 0 Å². The lowest BCUT2D eigenvalue weighted by Crippen LogP contribution is -2.40. The van der Waals surface area contributed by atoms with E-state index in [9.17, 15) is 9.59 Å². The number of halogens is 1. The number of piperidine rings is 1. The van der Waals surface area contributed by atoms with E-state index in [1.807, 2.05) is 36.4 Å². The molecule has 5 nitrogen and oxygen atoms in total. The number of hydrogen-bond donors (Lipinski definition) is 0. The van der Waals surface area contributed by atoms with Crippen LogP contribution >= 0.6 is 11.6 Å². The third-order valence-electron chi connectivity index (χ3n) is 4.75. The predicted octanol–water partition coefficient (Wildman–Crippen LogP) is 4.21. The van der Waals surface area contributed by atoms with E-state index >= 15 is 0 Å². The molecule has 0 aromatic heterocycles. The molecular formula is C23H24ClNO4. The largest absolute Gasteiger partial charge is 0.490 e. The fourth-order valence-electron chi connectivity index (χ4n) is 3.15. The summed E-state index contributed by atoms with van der Waals surface area (Å²) in [5, 5.41) is 0.597. The fourth-order valence-corrected chi connectivity index (χ4v) is 3.33. The van der Waals surface area contributed by atoms with Crippen LogP contribution in [0.1, 0.15) is 18.4 Å². The van der Waals surface area contributed by atoms with Gasteiger partial charge in [0.2, 0.25) is 5.91 Å². The molecule has 1 aliphatic heterocycles. The monoisotopic (exact) mass is 413 g/mol. The van der Waals surface area contributed by atoms with Crippen LogP contribution in [0, 0.1) is 5.92 Å². The molecule has 1 aliphatic rings. The maximum atomic E-state index is 12.3. The van der Waals surface area contributed by atoms with E-state index in [0.29, 0.717) is 36.7 Å². The van der Waals surface area contributed by atoms with Crippen molar-refractivity contribution in [2.75, 3.05) is 26.3 Å². The smallest absolute Gasteiger partial charge is 0.309 e. The van der Waals surface area contributed by atoms with Gasteiger partial charge in [0.15, 0.2) is 0 Å². The highest BCUT2D eigenvalue weighted by atomic mass is 35.5. The summed E-state index contributed by atoms with van der Waals surface area (Å²) in [6.45, 7) is 1.56. The average Bonchev–Trinajstić information content (AvgIpc) is 2.76. The molecule has 0 saturated carbocycles. The van der Waals surface area contributed by atoms with Crippen molar-refractivity contribution in [2.45, 2.75) is 12.8 Å². The van der Waals surface area contributed by atoms with Gasteiger partial charge in [-0.25, -0.2) is 0 Å². The Morgan fingerprint density at radius 2 is 1.79 bits per heavy atom. The number of nitrogens with zero attached hydrogens (tertiary/aromatic N) is 1. The van der Waals surface area contributed by atoms with Gasteiger partial charge in [-0.1, -0.05) is 48.0 Å². The Labute approximate surface area is 175 Å².